The van der Waals surface area contributed by atoms with Crippen molar-refractivity contribution in [2.45, 2.75) is 39.3 Å². The lowest BCUT2D eigenvalue weighted by Crippen LogP contribution is -2.44. The Bertz CT molecular complexity index is 961. The van der Waals surface area contributed by atoms with Crippen LogP contribution in [0, 0.1) is 0 Å². The molecule has 0 bridgehead atoms. The Morgan fingerprint density at radius 3 is 2.34 bits per heavy atom. The molecule has 2 amide bonds. The molecule has 0 radical (unpaired) electrons. The highest BCUT2D eigenvalue weighted by molar-refractivity contribution is 6.34. The minimum atomic E-state index is -0.570. The van der Waals surface area contributed by atoms with Gasteiger partial charge in [0.1, 0.15) is 5.75 Å². The number of likely N-dealkylation sites (tertiary alicyclic amines) is 1. The van der Waals surface area contributed by atoms with Gasteiger partial charge in [-0.2, -0.15) is 0 Å². The molecule has 9 heteroatoms. The van der Waals surface area contributed by atoms with Crippen LogP contribution in [-0.4, -0.2) is 41.8 Å². The second kappa shape index (κ2) is 11.9. The van der Waals surface area contributed by atoms with Crippen LogP contribution in [0.5, 0.6) is 5.75 Å². The van der Waals surface area contributed by atoms with Crippen LogP contribution in [0.15, 0.2) is 42.5 Å². The highest BCUT2D eigenvalue weighted by Gasteiger charge is 2.24. The highest BCUT2D eigenvalue weighted by atomic mass is 35.5. The van der Waals surface area contributed by atoms with E-state index < -0.39 is 5.97 Å². The molecule has 3 rings (SSSR count). The van der Waals surface area contributed by atoms with Crippen molar-refractivity contribution in [1.82, 2.24) is 10.2 Å². The van der Waals surface area contributed by atoms with Crippen LogP contribution >= 0.6 is 24.0 Å². The number of carbonyl (C=O) groups is 3. The van der Waals surface area contributed by atoms with E-state index >= 15 is 0 Å². The van der Waals surface area contributed by atoms with Crippen molar-refractivity contribution in [3.8, 4) is 5.75 Å². The van der Waals surface area contributed by atoms with Gasteiger partial charge in [-0.3, -0.25) is 19.3 Å². The molecule has 7 nitrogen and oxygen atoms in total. The maximum atomic E-state index is 12.9. The molecule has 0 saturated carbocycles. The van der Waals surface area contributed by atoms with Crippen LogP contribution in [0.25, 0.3) is 0 Å². The fourth-order valence-corrected chi connectivity index (χ4v) is 3.81. The molecular weight excluding hydrogens is 453 g/mol. The van der Waals surface area contributed by atoms with E-state index in [0.29, 0.717) is 0 Å². The van der Waals surface area contributed by atoms with Crippen molar-refractivity contribution in [3.63, 3.8) is 0 Å². The number of anilines is 1. The number of carbonyl (C=O) groups excluding carboxylic acids is 3. The predicted octanol–water partition coefficient (Wildman–Crippen LogP) is 4.04. The first-order valence-electron chi connectivity index (χ1n) is 10.2. The maximum absolute atomic E-state index is 12.9. The zero-order chi connectivity index (χ0) is 22.4. The Morgan fingerprint density at radius 2 is 1.75 bits per heavy atom. The van der Waals surface area contributed by atoms with Gasteiger partial charge in [0.05, 0.1) is 16.3 Å². The van der Waals surface area contributed by atoms with Crippen molar-refractivity contribution in [3.05, 3.63) is 58.6 Å². The Balaban J connectivity index is 0.00000363. The Labute approximate surface area is 198 Å². The predicted molar refractivity (Wildman–Crippen MR) is 127 cm³/mol. The minimum Gasteiger partial charge on any atom is -0.426 e. The summed E-state index contributed by atoms with van der Waals surface area (Å²) in [5.74, 6) is -1.21. The Kier molecular flexibility index (Phi) is 9.50. The summed E-state index contributed by atoms with van der Waals surface area (Å²) < 4.78 is 5.20. The number of nitrogens with zero attached hydrogens (tertiary/aromatic N) is 1. The first kappa shape index (κ1) is 25.6. The molecule has 1 fully saturated rings. The lowest BCUT2D eigenvalue weighted by molar-refractivity contribution is -0.131. The SMILES string of the molecule is CC(=O)Nc1cc(OC(C)=O)c(C(=O)NC2CCN(Cc3ccccc3)CC2)cc1Cl.Cl. The molecule has 0 aromatic heterocycles. The number of benzene rings is 2. The largest absolute Gasteiger partial charge is 0.426 e. The fourth-order valence-electron chi connectivity index (χ4n) is 3.60. The van der Waals surface area contributed by atoms with Crippen LogP contribution in [0.4, 0.5) is 5.69 Å². The van der Waals surface area contributed by atoms with Crippen LogP contribution in [-0.2, 0) is 16.1 Å². The average Bonchev–Trinajstić information content (AvgIpc) is 2.71. The fraction of sp³-hybridized carbons (Fsp3) is 0.348. The quantitative estimate of drug-likeness (QED) is 0.482. The summed E-state index contributed by atoms with van der Waals surface area (Å²) in [6.07, 6.45) is 1.64. The Morgan fingerprint density at radius 1 is 1.09 bits per heavy atom. The van der Waals surface area contributed by atoms with Crippen molar-refractivity contribution in [2.24, 2.45) is 0 Å². The van der Waals surface area contributed by atoms with Gasteiger partial charge in [0, 0.05) is 45.6 Å². The van der Waals surface area contributed by atoms with Gasteiger partial charge in [0.2, 0.25) is 5.91 Å². The average molecular weight is 480 g/mol. The standard InChI is InChI=1S/C23H26ClN3O4.ClH/c1-15(28)25-21-13-22(31-16(2)29)19(12-20(21)24)23(30)26-18-8-10-27(11-9-18)14-17-6-4-3-5-7-17;/h3-7,12-13,18H,8-11,14H2,1-2H3,(H,25,28)(H,26,30);1H. The van der Waals surface area contributed by atoms with Gasteiger partial charge in [0.25, 0.3) is 5.91 Å². The molecule has 2 N–H and O–H groups in total. The van der Waals surface area contributed by atoms with E-state index in [2.05, 4.69) is 27.7 Å². The molecule has 1 saturated heterocycles. The van der Waals surface area contributed by atoms with E-state index in [1.807, 2.05) is 18.2 Å². The number of esters is 1. The summed E-state index contributed by atoms with van der Waals surface area (Å²) in [4.78, 5) is 38.1. The third kappa shape index (κ3) is 7.22. The topological polar surface area (TPSA) is 87.7 Å². The summed E-state index contributed by atoms with van der Waals surface area (Å²) in [6, 6.07) is 13.1. The van der Waals surface area contributed by atoms with Crippen LogP contribution in [0.1, 0.15) is 42.6 Å². The van der Waals surface area contributed by atoms with Gasteiger partial charge in [0.15, 0.2) is 0 Å². The third-order valence-corrected chi connectivity index (χ3v) is 5.36. The molecule has 172 valence electrons. The van der Waals surface area contributed by atoms with Crippen LogP contribution < -0.4 is 15.4 Å². The number of piperidine rings is 1. The highest BCUT2D eigenvalue weighted by Crippen LogP contribution is 2.31. The second-order valence-electron chi connectivity index (χ2n) is 7.61. The number of ether oxygens (including phenoxy) is 1. The number of hydrogen-bond acceptors (Lipinski definition) is 5. The molecule has 32 heavy (non-hydrogen) atoms. The smallest absolute Gasteiger partial charge is 0.308 e. The van der Waals surface area contributed by atoms with E-state index in [9.17, 15) is 14.4 Å². The summed E-state index contributed by atoms with van der Waals surface area (Å²) >= 11 is 6.22. The van der Waals surface area contributed by atoms with Crippen molar-refractivity contribution < 1.29 is 19.1 Å². The van der Waals surface area contributed by atoms with Crippen LogP contribution in [0.3, 0.4) is 0 Å². The number of rotatable bonds is 6. The monoisotopic (exact) mass is 479 g/mol. The van der Waals surface area contributed by atoms with Gasteiger partial charge in [-0.1, -0.05) is 41.9 Å². The summed E-state index contributed by atoms with van der Waals surface area (Å²) in [5.41, 5.74) is 1.70. The lowest BCUT2D eigenvalue weighted by Gasteiger charge is -2.32. The minimum absolute atomic E-state index is 0. The summed E-state index contributed by atoms with van der Waals surface area (Å²) in [7, 11) is 0. The molecule has 2 aromatic carbocycles. The number of nitrogens with one attached hydrogen (secondary N) is 2. The van der Waals surface area contributed by atoms with E-state index in [0.717, 1.165) is 32.5 Å². The second-order valence-corrected chi connectivity index (χ2v) is 8.02. The molecule has 1 aliphatic heterocycles. The number of amides is 2. The first-order valence-corrected chi connectivity index (χ1v) is 10.6. The first-order chi connectivity index (χ1) is 14.8. The van der Waals surface area contributed by atoms with Gasteiger partial charge < -0.3 is 15.4 Å². The van der Waals surface area contributed by atoms with Crippen molar-refractivity contribution >= 4 is 47.5 Å². The lowest BCUT2D eigenvalue weighted by atomic mass is 10.0. The molecule has 0 aliphatic carbocycles. The molecule has 0 spiro atoms. The molecular formula is C23H27Cl2N3O4. The van der Waals surface area contributed by atoms with E-state index in [-0.39, 0.29) is 52.3 Å². The van der Waals surface area contributed by atoms with E-state index in [4.69, 9.17) is 16.3 Å². The van der Waals surface area contributed by atoms with Crippen molar-refractivity contribution in [2.75, 3.05) is 18.4 Å². The van der Waals surface area contributed by atoms with Gasteiger partial charge in [-0.25, -0.2) is 0 Å². The van der Waals surface area contributed by atoms with Gasteiger partial charge in [-0.05, 0) is 24.5 Å². The van der Waals surface area contributed by atoms with Crippen molar-refractivity contribution in [1.29, 1.82) is 0 Å². The maximum Gasteiger partial charge on any atom is 0.308 e. The van der Waals surface area contributed by atoms with E-state index in [1.165, 1.54) is 31.5 Å². The number of halogens is 2. The molecule has 0 unspecified atom stereocenters. The zero-order valence-electron chi connectivity index (χ0n) is 18.0. The third-order valence-electron chi connectivity index (χ3n) is 5.05. The molecule has 1 heterocycles. The van der Waals surface area contributed by atoms with Gasteiger partial charge in [-0.15, -0.1) is 12.4 Å². The molecule has 2 aromatic rings. The normalized spacial score (nSPS) is 14.2. The van der Waals surface area contributed by atoms with Gasteiger partial charge >= 0.3 is 5.97 Å². The Hall–Kier alpha value is -2.61. The number of hydrogen-bond donors (Lipinski definition) is 2. The summed E-state index contributed by atoms with van der Waals surface area (Å²) in [5, 5.41) is 5.77. The van der Waals surface area contributed by atoms with Crippen LogP contribution in [0.2, 0.25) is 5.02 Å². The zero-order valence-corrected chi connectivity index (χ0v) is 19.6. The molecule has 1 aliphatic rings. The van der Waals surface area contributed by atoms with E-state index in [1.54, 1.807) is 0 Å². The summed E-state index contributed by atoms with van der Waals surface area (Å²) in [6.45, 7) is 5.22. The molecule has 0 atom stereocenters.